The van der Waals surface area contributed by atoms with Gasteiger partial charge in [0.1, 0.15) is 23.5 Å². The number of rotatable bonds is 3. The van der Waals surface area contributed by atoms with Crippen LogP contribution >= 0.6 is 0 Å². The minimum absolute atomic E-state index is 0.0107. The Balaban J connectivity index is 1.35. The maximum atomic E-state index is 14.2. The minimum Gasteiger partial charge on any atom is -0.337 e. The van der Waals surface area contributed by atoms with Crippen LogP contribution in [0.5, 0.6) is 0 Å². The topological polar surface area (TPSA) is 97.9 Å². The van der Waals surface area contributed by atoms with Gasteiger partial charge in [0.2, 0.25) is 5.82 Å². The highest BCUT2D eigenvalue weighted by Crippen LogP contribution is 2.31. The van der Waals surface area contributed by atoms with Gasteiger partial charge < -0.3 is 5.32 Å². The van der Waals surface area contributed by atoms with Crippen molar-refractivity contribution < 1.29 is 14.0 Å². The number of aromatic nitrogens is 5. The number of carbonyl (C=O) groups is 2. The first-order chi connectivity index (χ1) is 14.5. The number of fused-ring (bicyclic) bond motifs is 2. The van der Waals surface area contributed by atoms with E-state index in [1.807, 2.05) is 0 Å². The summed E-state index contributed by atoms with van der Waals surface area (Å²) in [6.07, 6.45) is 3.33. The molecule has 5 rings (SSSR count). The van der Waals surface area contributed by atoms with E-state index in [9.17, 15) is 14.0 Å². The van der Waals surface area contributed by atoms with Crippen molar-refractivity contribution >= 4 is 17.6 Å². The van der Waals surface area contributed by atoms with E-state index in [2.05, 4.69) is 20.5 Å². The van der Waals surface area contributed by atoms with Gasteiger partial charge in [-0.25, -0.2) is 18.7 Å². The summed E-state index contributed by atoms with van der Waals surface area (Å²) in [5, 5.41) is 11.3. The fourth-order valence-electron chi connectivity index (χ4n) is 4.15. The highest BCUT2D eigenvalue weighted by molar-refractivity contribution is 6.00. The number of halogens is 1. The van der Waals surface area contributed by atoms with E-state index in [1.165, 1.54) is 11.0 Å². The van der Waals surface area contributed by atoms with Crippen LogP contribution in [0.4, 0.5) is 10.2 Å². The van der Waals surface area contributed by atoms with Gasteiger partial charge in [-0.15, -0.1) is 5.10 Å². The second-order valence-corrected chi connectivity index (χ2v) is 7.50. The number of nitrogens with zero attached hydrogens (tertiary/aromatic N) is 6. The molecule has 154 valence electrons. The molecule has 0 saturated carbocycles. The average Bonchev–Trinajstić information content (AvgIpc) is 3.44. The summed E-state index contributed by atoms with van der Waals surface area (Å²) in [7, 11) is 1.66. The van der Waals surface area contributed by atoms with E-state index in [-0.39, 0.29) is 23.6 Å². The Labute approximate surface area is 171 Å². The summed E-state index contributed by atoms with van der Waals surface area (Å²) >= 11 is 0. The summed E-state index contributed by atoms with van der Waals surface area (Å²) in [6.45, 7) is 0.506. The molecule has 3 aromatic rings. The summed E-state index contributed by atoms with van der Waals surface area (Å²) < 4.78 is 17.6. The largest absolute Gasteiger partial charge is 0.337 e. The molecule has 2 amide bonds. The maximum Gasteiger partial charge on any atom is 0.291 e. The lowest BCUT2D eigenvalue weighted by Gasteiger charge is -2.19. The molecule has 0 spiro atoms. The normalized spacial score (nSPS) is 20.6. The highest BCUT2D eigenvalue weighted by atomic mass is 19.1. The lowest BCUT2D eigenvalue weighted by Crippen LogP contribution is -2.47. The third-order valence-electron chi connectivity index (χ3n) is 5.71. The Bertz CT molecular complexity index is 1140. The van der Waals surface area contributed by atoms with Crippen LogP contribution in [0, 0.1) is 5.82 Å². The second-order valence-electron chi connectivity index (χ2n) is 7.50. The Morgan fingerprint density at radius 1 is 1.23 bits per heavy atom. The SMILES string of the molecule is CN1C(=O)[C@@H](NC(=O)c2nc3n(n2)[C@@H](c2ccccc2F)CC3)CCn2nccc21. The quantitative estimate of drug-likeness (QED) is 0.704. The van der Waals surface area contributed by atoms with Crippen molar-refractivity contribution in [3.05, 3.63) is 59.6 Å². The minimum atomic E-state index is -0.704. The van der Waals surface area contributed by atoms with Crippen molar-refractivity contribution in [3.8, 4) is 0 Å². The van der Waals surface area contributed by atoms with Crippen LogP contribution in [0.15, 0.2) is 36.5 Å². The van der Waals surface area contributed by atoms with Gasteiger partial charge in [0.15, 0.2) is 0 Å². The Morgan fingerprint density at radius 2 is 2.07 bits per heavy atom. The van der Waals surface area contributed by atoms with Crippen molar-refractivity contribution in [3.63, 3.8) is 0 Å². The molecule has 2 aromatic heterocycles. The van der Waals surface area contributed by atoms with Gasteiger partial charge in [0.05, 0.1) is 12.2 Å². The Kier molecular flexibility index (Phi) is 4.34. The third kappa shape index (κ3) is 2.95. The molecule has 1 aromatic carbocycles. The molecule has 2 aliphatic heterocycles. The predicted molar refractivity (Wildman–Crippen MR) is 104 cm³/mol. The zero-order valence-electron chi connectivity index (χ0n) is 16.3. The highest BCUT2D eigenvalue weighted by Gasteiger charge is 2.33. The van der Waals surface area contributed by atoms with Gasteiger partial charge in [-0.05, 0) is 18.9 Å². The van der Waals surface area contributed by atoms with E-state index in [0.29, 0.717) is 43.0 Å². The van der Waals surface area contributed by atoms with Crippen molar-refractivity contribution in [1.29, 1.82) is 0 Å². The van der Waals surface area contributed by atoms with E-state index in [4.69, 9.17) is 0 Å². The molecule has 0 bridgehead atoms. The maximum absolute atomic E-state index is 14.2. The lowest BCUT2D eigenvalue weighted by atomic mass is 10.0. The molecule has 1 N–H and O–H groups in total. The number of hydrogen-bond acceptors (Lipinski definition) is 5. The number of amides is 2. The molecular formula is C20H20FN7O2. The van der Waals surface area contributed by atoms with Crippen LogP contribution < -0.4 is 10.2 Å². The summed E-state index contributed by atoms with van der Waals surface area (Å²) in [5.41, 5.74) is 0.531. The number of benzene rings is 1. The van der Waals surface area contributed by atoms with E-state index >= 15 is 0 Å². The molecule has 2 atom stereocenters. The van der Waals surface area contributed by atoms with Crippen LogP contribution in [0.25, 0.3) is 0 Å². The number of aryl methyl sites for hydroxylation is 2. The van der Waals surface area contributed by atoms with Crippen LogP contribution in [-0.4, -0.2) is 49.4 Å². The zero-order valence-corrected chi connectivity index (χ0v) is 16.3. The first kappa shape index (κ1) is 18.5. The number of anilines is 1. The molecule has 9 nitrogen and oxygen atoms in total. The molecular weight excluding hydrogens is 389 g/mol. The van der Waals surface area contributed by atoms with Crippen molar-refractivity contribution in [1.82, 2.24) is 29.9 Å². The molecule has 0 unspecified atom stereocenters. The first-order valence-electron chi connectivity index (χ1n) is 9.83. The monoisotopic (exact) mass is 409 g/mol. The van der Waals surface area contributed by atoms with Gasteiger partial charge in [0, 0.05) is 31.6 Å². The van der Waals surface area contributed by atoms with Crippen molar-refractivity contribution in [2.75, 3.05) is 11.9 Å². The third-order valence-corrected chi connectivity index (χ3v) is 5.71. The molecule has 0 aliphatic carbocycles. The number of nitrogens with one attached hydrogen (secondary N) is 1. The van der Waals surface area contributed by atoms with Crippen molar-refractivity contribution in [2.45, 2.75) is 37.9 Å². The molecule has 10 heteroatoms. The second kappa shape index (κ2) is 7.05. The van der Waals surface area contributed by atoms with Crippen LogP contribution in [-0.2, 0) is 17.8 Å². The summed E-state index contributed by atoms with van der Waals surface area (Å²) in [4.78, 5) is 31.4. The van der Waals surface area contributed by atoms with Crippen LogP contribution in [0.2, 0.25) is 0 Å². The predicted octanol–water partition coefficient (Wildman–Crippen LogP) is 1.31. The zero-order chi connectivity index (χ0) is 20.8. The van der Waals surface area contributed by atoms with Gasteiger partial charge in [-0.2, -0.15) is 5.10 Å². The molecule has 0 radical (unpaired) electrons. The molecule has 2 aliphatic rings. The first-order valence-corrected chi connectivity index (χ1v) is 9.83. The lowest BCUT2D eigenvalue weighted by molar-refractivity contribution is -0.120. The van der Waals surface area contributed by atoms with Crippen LogP contribution in [0.1, 0.15) is 40.9 Å². The van der Waals surface area contributed by atoms with Gasteiger partial charge in [-0.1, -0.05) is 18.2 Å². The van der Waals surface area contributed by atoms with Gasteiger partial charge >= 0.3 is 0 Å². The average molecular weight is 409 g/mol. The van der Waals surface area contributed by atoms with E-state index < -0.39 is 11.9 Å². The molecule has 0 saturated heterocycles. The van der Waals surface area contributed by atoms with E-state index in [1.54, 1.807) is 46.9 Å². The fraction of sp³-hybridized carbons (Fsp3) is 0.350. The summed E-state index contributed by atoms with van der Waals surface area (Å²) in [5.74, 6) is 0.264. The fourth-order valence-corrected chi connectivity index (χ4v) is 4.15. The summed E-state index contributed by atoms with van der Waals surface area (Å²) in [6, 6.07) is 7.31. The number of hydrogen-bond donors (Lipinski definition) is 1. The Morgan fingerprint density at radius 3 is 2.90 bits per heavy atom. The molecule has 30 heavy (non-hydrogen) atoms. The molecule has 0 fully saturated rings. The Hall–Kier alpha value is -3.56. The van der Waals surface area contributed by atoms with Crippen molar-refractivity contribution in [2.24, 2.45) is 0 Å². The van der Waals surface area contributed by atoms with Crippen LogP contribution in [0.3, 0.4) is 0 Å². The van der Waals surface area contributed by atoms with Gasteiger partial charge in [-0.3, -0.25) is 14.5 Å². The van der Waals surface area contributed by atoms with E-state index in [0.717, 1.165) is 0 Å². The van der Waals surface area contributed by atoms with Gasteiger partial charge in [0.25, 0.3) is 11.8 Å². The number of likely N-dealkylation sites (N-methyl/N-ethyl adjacent to an activating group) is 1. The number of carbonyl (C=O) groups excluding carboxylic acids is 2. The smallest absolute Gasteiger partial charge is 0.291 e. The standard InChI is InChI=1S/C20H20FN7O2/c1-26-17-8-10-22-27(17)11-9-14(20(26)30)23-19(29)18-24-16-7-6-15(28(16)25-18)12-4-2-3-5-13(12)21/h2-5,8,10,14-15H,6-7,9,11H2,1H3,(H,23,29)/t14-,15+/m0/s1. The molecule has 4 heterocycles.